The molecular weight excluding hydrogens is 275 g/mol. The third-order valence-electron chi connectivity index (χ3n) is 2.29. The molecule has 0 aliphatic rings. The number of nitrogens with zero attached hydrogens (tertiary/aromatic N) is 2. The van der Waals surface area contributed by atoms with Gasteiger partial charge >= 0.3 is 0 Å². The second-order valence-electron chi connectivity index (χ2n) is 3.49. The number of fused-ring (bicyclic) bond motifs is 1. The monoisotopic (exact) mass is 280 g/mol. The Kier molecular flexibility index (Phi) is 2.85. The van der Waals surface area contributed by atoms with Crippen molar-refractivity contribution in [3.05, 3.63) is 46.8 Å². The first-order valence-corrected chi connectivity index (χ1v) is 6.32. The van der Waals surface area contributed by atoms with E-state index in [0.717, 1.165) is 10.2 Å². The number of thiophene rings is 1. The molecule has 0 radical (unpaired) electrons. The number of ether oxygens (including phenoxy) is 1. The van der Waals surface area contributed by atoms with Crippen LogP contribution < -0.4 is 4.74 Å². The van der Waals surface area contributed by atoms with Crippen LogP contribution in [0.15, 0.2) is 35.7 Å². The fourth-order valence-corrected chi connectivity index (χ4v) is 2.46. The molecule has 3 rings (SSSR count). The Morgan fingerprint density at radius 1 is 1.11 bits per heavy atom. The zero-order chi connectivity index (χ0) is 12.5. The minimum absolute atomic E-state index is 0.127. The molecule has 3 nitrogen and oxygen atoms in total. The zero-order valence-corrected chi connectivity index (χ0v) is 10.5. The van der Waals surface area contributed by atoms with Gasteiger partial charge in [-0.05, 0) is 47.3 Å². The maximum Gasteiger partial charge on any atom is 0.232 e. The highest BCUT2D eigenvalue weighted by atomic mass is 35.5. The number of aromatic nitrogens is 2. The van der Waals surface area contributed by atoms with Crippen LogP contribution in [0.5, 0.6) is 11.6 Å². The Hall–Kier alpha value is -1.72. The average molecular weight is 281 g/mol. The average Bonchev–Trinajstić information content (AvgIpc) is 2.80. The molecule has 3 aromatic rings. The van der Waals surface area contributed by atoms with Crippen molar-refractivity contribution in [3.8, 4) is 11.6 Å². The van der Waals surface area contributed by atoms with Crippen molar-refractivity contribution in [2.45, 2.75) is 0 Å². The van der Waals surface area contributed by atoms with Crippen LogP contribution in [0, 0.1) is 5.82 Å². The summed E-state index contributed by atoms with van der Waals surface area (Å²) >= 11 is 7.27. The van der Waals surface area contributed by atoms with Gasteiger partial charge in [0, 0.05) is 0 Å². The lowest BCUT2D eigenvalue weighted by atomic mass is 10.3. The molecule has 0 fully saturated rings. The SMILES string of the molecule is Fc1ccc(Oc2nc(Cl)nc3sccc23)cc1. The van der Waals surface area contributed by atoms with Crippen molar-refractivity contribution < 1.29 is 9.13 Å². The van der Waals surface area contributed by atoms with Crippen LogP contribution >= 0.6 is 22.9 Å². The van der Waals surface area contributed by atoms with E-state index in [1.54, 1.807) is 0 Å². The smallest absolute Gasteiger partial charge is 0.232 e. The first kappa shape index (κ1) is 11.4. The minimum atomic E-state index is -0.316. The molecule has 0 spiro atoms. The number of halogens is 2. The van der Waals surface area contributed by atoms with Crippen LogP contribution in [0.4, 0.5) is 4.39 Å². The Balaban J connectivity index is 2.03. The standard InChI is InChI=1S/C12H6ClFN2OS/c13-12-15-10(9-5-6-18-11(9)16-12)17-8-3-1-7(14)2-4-8/h1-6H. The van der Waals surface area contributed by atoms with Gasteiger partial charge in [0.25, 0.3) is 0 Å². The van der Waals surface area contributed by atoms with Gasteiger partial charge < -0.3 is 4.74 Å². The summed E-state index contributed by atoms with van der Waals surface area (Å²) < 4.78 is 18.4. The van der Waals surface area contributed by atoms with E-state index < -0.39 is 0 Å². The molecule has 2 aromatic heterocycles. The van der Waals surface area contributed by atoms with Crippen LogP contribution in [0.2, 0.25) is 5.28 Å². The summed E-state index contributed by atoms with van der Waals surface area (Å²) in [5.41, 5.74) is 0. The van der Waals surface area contributed by atoms with Crippen molar-refractivity contribution >= 4 is 33.2 Å². The molecule has 0 amide bonds. The van der Waals surface area contributed by atoms with E-state index in [-0.39, 0.29) is 11.1 Å². The van der Waals surface area contributed by atoms with Crippen LogP contribution in [-0.4, -0.2) is 9.97 Å². The van der Waals surface area contributed by atoms with E-state index in [4.69, 9.17) is 16.3 Å². The lowest BCUT2D eigenvalue weighted by Gasteiger charge is -2.05. The summed E-state index contributed by atoms with van der Waals surface area (Å²) in [5.74, 6) is 0.556. The van der Waals surface area contributed by atoms with Gasteiger partial charge in [-0.1, -0.05) is 0 Å². The van der Waals surface area contributed by atoms with Gasteiger partial charge in [-0.15, -0.1) is 11.3 Å². The van der Waals surface area contributed by atoms with E-state index >= 15 is 0 Å². The van der Waals surface area contributed by atoms with Gasteiger partial charge in [-0.2, -0.15) is 4.98 Å². The van der Waals surface area contributed by atoms with E-state index in [9.17, 15) is 4.39 Å². The number of benzene rings is 1. The Bertz CT molecular complexity index is 699. The number of rotatable bonds is 2. The van der Waals surface area contributed by atoms with Gasteiger partial charge in [-0.3, -0.25) is 0 Å². The quantitative estimate of drug-likeness (QED) is 0.657. The summed E-state index contributed by atoms with van der Waals surface area (Å²) in [5, 5.41) is 2.79. The van der Waals surface area contributed by atoms with E-state index in [1.165, 1.54) is 35.6 Å². The summed E-state index contributed by atoms with van der Waals surface area (Å²) in [6, 6.07) is 7.56. The predicted octanol–water partition coefficient (Wildman–Crippen LogP) is 4.28. The maximum absolute atomic E-state index is 12.8. The fraction of sp³-hybridized carbons (Fsp3) is 0. The fourth-order valence-electron chi connectivity index (χ4n) is 1.50. The van der Waals surface area contributed by atoms with Gasteiger partial charge in [0.15, 0.2) is 0 Å². The Labute approximate surface area is 111 Å². The molecule has 2 heterocycles. The maximum atomic E-state index is 12.8. The second kappa shape index (κ2) is 4.51. The summed E-state index contributed by atoms with van der Waals surface area (Å²) in [4.78, 5) is 8.88. The van der Waals surface area contributed by atoms with Crippen molar-refractivity contribution in [2.75, 3.05) is 0 Å². The minimum Gasteiger partial charge on any atom is -0.438 e. The predicted molar refractivity (Wildman–Crippen MR) is 68.9 cm³/mol. The van der Waals surface area contributed by atoms with E-state index in [0.29, 0.717) is 11.6 Å². The molecule has 1 aromatic carbocycles. The van der Waals surface area contributed by atoms with E-state index in [2.05, 4.69) is 9.97 Å². The van der Waals surface area contributed by atoms with Gasteiger partial charge in [0.2, 0.25) is 11.2 Å². The molecule has 0 saturated carbocycles. The van der Waals surface area contributed by atoms with Crippen molar-refractivity contribution in [2.24, 2.45) is 0 Å². The van der Waals surface area contributed by atoms with Crippen LogP contribution in [0.1, 0.15) is 0 Å². The molecule has 0 bridgehead atoms. The zero-order valence-electron chi connectivity index (χ0n) is 8.93. The molecule has 0 saturated heterocycles. The van der Waals surface area contributed by atoms with Crippen LogP contribution in [-0.2, 0) is 0 Å². The van der Waals surface area contributed by atoms with Crippen LogP contribution in [0.3, 0.4) is 0 Å². The first-order valence-electron chi connectivity index (χ1n) is 5.06. The van der Waals surface area contributed by atoms with E-state index in [1.807, 2.05) is 11.4 Å². The summed E-state index contributed by atoms with van der Waals surface area (Å²) in [6.07, 6.45) is 0. The topological polar surface area (TPSA) is 35.0 Å². The molecule has 0 atom stereocenters. The third kappa shape index (κ3) is 2.14. The number of hydrogen-bond donors (Lipinski definition) is 0. The molecule has 6 heteroatoms. The van der Waals surface area contributed by atoms with Crippen molar-refractivity contribution in [3.63, 3.8) is 0 Å². The molecule has 0 N–H and O–H groups in total. The second-order valence-corrected chi connectivity index (χ2v) is 4.73. The Morgan fingerprint density at radius 2 is 1.89 bits per heavy atom. The number of hydrogen-bond acceptors (Lipinski definition) is 4. The highest BCUT2D eigenvalue weighted by Crippen LogP contribution is 2.31. The molecular formula is C12H6ClFN2OS. The molecule has 18 heavy (non-hydrogen) atoms. The lowest BCUT2D eigenvalue weighted by molar-refractivity contribution is 0.466. The van der Waals surface area contributed by atoms with Crippen molar-refractivity contribution in [1.82, 2.24) is 9.97 Å². The lowest BCUT2D eigenvalue weighted by Crippen LogP contribution is -1.91. The normalized spacial score (nSPS) is 10.8. The van der Waals surface area contributed by atoms with Gasteiger partial charge in [0.1, 0.15) is 16.4 Å². The highest BCUT2D eigenvalue weighted by molar-refractivity contribution is 7.16. The Morgan fingerprint density at radius 3 is 2.67 bits per heavy atom. The highest BCUT2D eigenvalue weighted by Gasteiger charge is 2.09. The first-order chi connectivity index (χ1) is 8.72. The summed E-state index contributed by atoms with van der Waals surface area (Å²) in [7, 11) is 0. The molecule has 90 valence electrons. The third-order valence-corrected chi connectivity index (χ3v) is 3.27. The largest absolute Gasteiger partial charge is 0.438 e. The van der Waals surface area contributed by atoms with Crippen molar-refractivity contribution in [1.29, 1.82) is 0 Å². The van der Waals surface area contributed by atoms with Gasteiger partial charge in [0.05, 0.1) is 5.39 Å². The molecule has 0 aliphatic carbocycles. The molecule has 0 unspecified atom stereocenters. The van der Waals surface area contributed by atoms with Crippen LogP contribution in [0.25, 0.3) is 10.2 Å². The summed E-state index contributed by atoms with van der Waals surface area (Å²) in [6.45, 7) is 0. The van der Waals surface area contributed by atoms with Gasteiger partial charge in [-0.25, -0.2) is 9.37 Å². The molecule has 0 aliphatic heterocycles.